The van der Waals surface area contributed by atoms with Gasteiger partial charge in [0.1, 0.15) is 5.56 Å². The summed E-state index contributed by atoms with van der Waals surface area (Å²) in [5, 5.41) is 10.6. The van der Waals surface area contributed by atoms with E-state index in [4.69, 9.17) is 0 Å². The highest BCUT2D eigenvalue weighted by molar-refractivity contribution is 6.04. The van der Waals surface area contributed by atoms with Crippen LogP contribution in [0.25, 0.3) is 0 Å². The lowest BCUT2D eigenvalue weighted by Crippen LogP contribution is -2.18. The third-order valence-corrected chi connectivity index (χ3v) is 2.51. The largest absolute Gasteiger partial charge is 0.420 e. The lowest BCUT2D eigenvalue weighted by molar-refractivity contribution is -0.138. The molecule has 114 valence electrons. The van der Waals surface area contributed by atoms with Crippen molar-refractivity contribution >= 4 is 11.6 Å². The van der Waals surface area contributed by atoms with Gasteiger partial charge in [-0.15, -0.1) is 0 Å². The molecule has 0 bridgehead atoms. The van der Waals surface area contributed by atoms with Gasteiger partial charge in [-0.2, -0.15) is 32.1 Å². The first-order chi connectivity index (χ1) is 9.70. The Morgan fingerprint density at radius 1 is 1.43 bits per heavy atom. The number of nitrogens with zero attached hydrogens (tertiary/aromatic N) is 3. The Morgan fingerprint density at radius 3 is 2.62 bits per heavy atom. The van der Waals surface area contributed by atoms with Crippen molar-refractivity contribution in [3.05, 3.63) is 29.3 Å². The average molecular weight is 309 g/mol. The van der Waals surface area contributed by atoms with Crippen LogP contribution < -0.4 is 5.32 Å². The van der Waals surface area contributed by atoms with E-state index in [2.05, 4.69) is 15.3 Å². The Bertz CT molecular complexity index is 659. The second kappa shape index (κ2) is 5.14. The number of rotatable bonds is 3. The quantitative estimate of drug-likeness (QED) is 0.856. The summed E-state index contributed by atoms with van der Waals surface area (Å²) in [6.07, 6.45) is -3.09. The maximum atomic E-state index is 12.8. The number of anilines is 1. The molecule has 0 saturated heterocycles. The first-order valence-corrected chi connectivity index (χ1v) is 5.46. The predicted molar refractivity (Wildman–Crippen MR) is 59.8 cm³/mol. The fraction of sp³-hybridized carbons (Fsp3) is 0.300. The molecule has 2 aromatic heterocycles. The lowest BCUT2D eigenvalue weighted by Gasteiger charge is -2.07. The van der Waals surface area contributed by atoms with Gasteiger partial charge in [-0.3, -0.25) is 9.89 Å². The van der Waals surface area contributed by atoms with E-state index in [1.54, 1.807) is 0 Å². The van der Waals surface area contributed by atoms with E-state index in [9.17, 15) is 26.7 Å². The minimum Gasteiger partial charge on any atom is -0.318 e. The molecule has 0 unspecified atom stereocenters. The van der Waals surface area contributed by atoms with Gasteiger partial charge in [0.15, 0.2) is 5.69 Å². The highest BCUT2D eigenvalue weighted by atomic mass is 19.4. The fourth-order valence-corrected chi connectivity index (χ4v) is 1.64. The molecule has 0 atom stereocenters. The molecule has 0 aliphatic carbocycles. The average Bonchev–Trinajstić information content (AvgIpc) is 2.94. The van der Waals surface area contributed by atoms with Crippen molar-refractivity contribution in [3.8, 4) is 0 Å². The summed E-state index contributed by atoms with van der Waals surface area (Å²) in [5.74, 6) is -1.18. The van der Waals surface area contributed by atoms with Crippen LogP contribution in [0.4, 0.5) is 27.6 Å². The summed E-state index contributed by atoms with van der Waals surface area (Å²) in [6.45, 7) is -1.81. The van der Waals surface area contributed by atoms with Crippen molar-refractivity contribution in [2.45, 2.75) is 19.6 Å². The van der Waals surface area contributed by atoms with Crippen LogP contribution in [0.15, 0.2) is 12.4 Å². The summed E-state index contributed by atoms with van der Waals surface area (Å²) in [7, 11) is 0. The Kier molecular flexibility index (Phi) is 3.66. The third-order valence-electron chi connectivity index (χ3n) is 2.51. The minimum absolute atomic E-state index is 0.172. The molecule has 0 fully saturated rings. The van der Waals surface area contributed by atoms with Gasteiger partial charge in [0.25, 0.3) is 5.91 Å². The number of hydrogen-bond acceptors (Lipinski definition) is 3. The van der Waals surface area contributed by atoms with Crippen LogP contribution in [-0.4, -0.2) is 25.9 Å². The van der Waals surface area contributed by atoms with Crippen LogP contribution in [0, 0.1) is 6.92 Å². The van der Waals surface area contributed by atoms with Crippen LogP contribution in [0.5, 0.6) is 0 Å². The number of nitrogens with one attached hydrogen (secondary N) is 2. The van der Waals surface area contributed by atoms with E-state index in [-0.39, 0.29) is 16.1 Å². The van der Waals surface area contributed by atoms with Gasteiger partial charge >= 0.3 is 12.7 Å². The molecular weight excluding hydrogens is 301 g/mol. The van der Waals surface area contributed by atoms with Crippen LogP contribution in [0.2, 0.25) is 0 Å². The molecule has 2 heterocycles. The molecular formula is C10H8F5N5O. The number of aromatic amines is 1. The zero-order valence-electron chi connectivity index (χ0n) is 10.4. The van der Waals surface area contributed by atoms with E-state index in [1.807, 2.05) is 5.32 Å². The van der Waals surface area contributed by atoms with E-state index < -0.39 is 29.9 Å². The molecule has 0 radical (unpaired) electrons. The maximum absolute atomic E-state index is 12.8. The number of alkyl halides is 5. The Hall–Kier alpha value is -2.46. The van der Waals surface area contributed by atoms with Gasteiger partial charge in [-0.1, -0.05) is 0 Å². The molecule has 1 amide bonds. The number of carbonyl (C=O) groups excluding carboxylic acids is 1. The highest BCUT2D eigenvalue weighted by Gasteiger charge is 2.39. The highest BCUT2D eigenvalue weighted by Crippen LogP contribution is 2.33. The standard InChI is InChI=1S/C10H8F5N5O/c1-4-6(10(13,14)15)7(19-18-4)8(21)17-5-2-16-20(3-5)9(11)12/h2-3,9H,1H3,(H,17,21)(H,18,19). The topological polar surface area (TPSA) is 75.6 Å². The van der Waals surface area contributed by atoms with Crippen molar-refractivity contribution in [2.24, 2.45) is 0 Å². The number of hydrogen-bond donors (Lipinski definition) is 2. The van der Waals surface area contributed by atoms with Crippen molar-refractivity contribution in [1.82, 2.24) is 20.0 Å². The number of carbonyl (C=O) groups is 1. The molecule has 2 aromatic rings. The van der Waals surface area contributed by atoms with Crippen molar-refractivity contribution in [3.63, 3.8) is 0 Å². The SMILES string of the molecule is Cc1[nH]nc(C(=O)Nc2cnn(C(F)F)c2)c1C(F)(F)F. The number of aryl methyl sites for hydroxylation is 1. The molecule has 0 aliphatic rings. The van der Waals surface area contributed by atoms with Crippen LogP contribution in [-0.2, 0) is 6.18 Å². The van der Waals surface area contributed by atoms with Gasteiger partial charge in [-0.25, -0.2) is 4.68 Å². The molecule has 11 heteroatoms. The third kappa shape index (κ3) is 3.01. The summed E-state index contributed by atoms with van der Waals surface area (Å²) < 4.78 is 63.2. The van der Waals surface area contributed by atoms with Crippen molar-refractivity contribution in [2.75, 3.05) is 5.32 Å². The van der Waals surface area contributed by atoms with Gasteiger partial charge in [0.05, 0.1) is 18.1 Å². The molecule has 0 saturated carbocycles. The zero-order valence-corrected chi connectivity index (χ0v) is 10.4. The summed E-state index contributed by atoms with van der Waals surface area (Å²) in [5.41, 5.74) is -2.57. The number of halogens is 5. The van der Waals surface area contributed by atoms with Gasteiger partial charge in [-0.05, 0) is 6.92 Å². The monoisotopic (exact) mass is 309 g/mol. The molecule has 0 aromatic carbocycles. The molecule has 21 heavy (non-hydrogen) atoms. The number of aromatic nitrogens is 4. The van der Waals surface area contributed by atoms with Crippen LogP contribution in [0.1, 0.15) is 28.3 Å². The number of H-pyrrole nitrogens is 1. The first kappa shape index (κ1) is 14.9. The van der Waals surface area contributed by atoms with Crippen molar-refractivity contribution in [1.29, 1.82) is 0 Å². The van der Waals surface area contributed by atoms with E-state index >= 15 is 0 Å². The molecule has 0 aliphatic heterocycles. The minimum atomic E-state index is -4.77. The number of amides is 1. The normalized spacial score (nSPS) is 12.0. The lowest BCUT2D eigenvalue weighted by atomic mass is 10.1. The van der Waals surface area contributed by atoms with Crippen molar-refractivity contribution < 1.29 is 26.7 Å². The Balaban J connectivity index is 2.25. The zero-order chi connectivity index (χ0) is 15.8. The van der Waals surface area contributed by atoms with E-state index in [0.29, 0.717) is 0 Å². The second-order valence-corrected chi connectivity index (χ2v) is 4.01. The molecule has 0 spiro atoms. The molecule has 2 rings (SSSR count). The van der Waals surface area contributed by atoms with E-state index in [0.717, 1.165) is 19.3 Å². The summed E-state index contributed by atoms with van der Waals surface area (Å²) >= 11 is 0. The maximum Gasteiger partial charge on any atom is 0.420 e. The molecule has 6 nitrogen and oxygen atoms in total. The van der Waals surface area contributed by atoms with Gasteiger partial charge in [0, 0.05) is 5.69 Å². The summed E-state index contributed by atoms with van der Waals surface area (Å²) in [6, 6.07) is 0. The van der Waals surface area contributed by atoms with Gasteiger partial charge in [0.2, 0.25) is 0 Å². The first-order valence-electron chi connectivity index (χ1n) is 5.46. The molecule has 2 N–H and O–H groups in total. The van der Waals surface area contributed by atoms with Crippen LogP contribution >= 0.6 is 0 Å². The smallest absolute Gasteiger partial charge is 0.318 e. The van der Waals surface area contributed by atoms with Crippen LogP contribution in [0.3, 0.4) is 0 Å². The van der Waals surface area contributed by atoms with Gasteiger partial charge < -0.3 is 5.32 Å². The second-order valence-electron chi connectivity index (χ2n) is 4.01. The Labute approximate surface area is 113 Å². The Morgan fingerprint density at radius 2 is 2.10 bits per heavy atom. The summed E-state index contributed by atoms with van der Waals surface area (Å²) in [4.78, 5) is 11.8. The van der Waals surface area contributed by atoms with E-state index in [1.165, 1.54) is 0 Å². The predicted octanol–water partition coefficient (Wildman–Crippen LogP) is 2.58. The fourth-order valence-electron chi connectivity index (χ4n) is 1.64.